The second-order valence-electron chi connectivity index (χ2n) is 5.15. The Hall–Kier alpha value is -1.51. The summed E-state index contributed by atoms with van der Waals surface area (Å²) in [6.07, 6.45) is 0. The maximum atomic E-state index is 12.5. The molecule has 0 saturated carbocycles. The van der Waals surface area contributed by atoms with Crippen LogP contribution in [-0.4, -0.2) is 36.8 Å². The number of aryl methyl sites for hydroxylation is 2. The average Bonchev–Trinajstić information content (AvgIpc) is 2.22. The standard InChI is InChI=1S/C12H17N3O4S/c1-7-4-8(2)12(9(3)11(7)15(16)17)20(18,19)14-5-10(13)6-14/h4,10H,5-6,13H2,1-3H3. The number of nitrogens with zero attached hydrogens (tertiary/aromatic N) is 2. The Bertz CT molecular complexity index is 678. The molecule has 1 fully saturated rings. The van der Waals surface area contributed by atoms with Crippen LogP contribution in [0.4, 0.5) is 5.69 Å². The minimum Gasteiger partial charge on any atom is -0.325 e. The fourth-order valence-electron chi connectivity index (χ4n) is 2.63. The summed E-state index contributed by atoms with van der Waals surface area (Å²) in [7, 11) is -3.72. The van der Waals surface area contributed by atoms with E-state index in [4.69, 9.17) is 5.73 Å². The van der Waals surface area contributed by atoms with Gasteiger partial charge in [-0.3, -0.25) is 10.1 Å². The Morgan fingerprint density at radius 3 is 2.30 bits per heavy atom. The Kier molecular flexibility index (Phi) is 3.57. The van der Waals surface area contributed by atoms with Gasteiger partial charge in [0.15, 0.2) is 0 Å². The van der Waals surface area contributed by atoms with E-state index in [1.54, 1.807) is 13.8 Å². The minimum absolute atomic E-state index is 0.0294. The molecule has 7 nitrogen and oxygen atoms in total. The first-order valence-corrected chi connectivity index (χ1v) is 7.61. The number of nitro benzene ring substituents is 1. The molecule has 1 saturated heterocycles. The number of rotatable bonds is 3. The summed E-state index contributed by atoms with van der Waals surface area (Å²) >= 11 is 0. The molecule has 0 aliphatic carbocycles. The van der Waals surface area contributed by atoms with E-state index in [2.05, 4.69) is 0 Å². The van der Waals surface area contributed by atoms with Gasteiger partial charge in [0.2, 0.25) is 10.0 Å². The van der Waals surface area contributed by atoms with Crippen molar-refractivity contribution in [2.45, 2.75) is 31.7 Å². The summed E-state index contributed by atoms with van der Waals surface area (Å²) in [5.74, 6) is 0. The Morgan fingerprint density at radius 1 is 1.30 bits per heavy atom. The van der Waals surface area contributed by atoms with Crippen molar-refractivity contribution in [2.24, 2.45) is 5.73 Å². The number of nitrogens with two attached hydrogens (primary N) is 1. The first kappa shape index (κ1) is 14.9. The van der Waals surface area contributed by atoms with Crippen molar-refractivity contribution >= 4 is 15.7 Å². The second-order valence-corrected chi connectivity index (χ2v) is 7.03. The summed E-state index contributed by atoms with van der Waals surface area (Å²) in [5, 5.41) is 11.1. The van der Waals surface area contributed by atoms with Crippen LogP contribution in [0.3, 0.4) is 0 Å². The third kappa shape index (κ3) is 2.19. The molecule has 2 N–H and O–H groups in total. The first-order valence-electron chi connectivity index (χ1n) is 6.17. The van der Waals surface area contributed by atoms with Gasteiger partial charge in [-0.25, -0.2) is 8.42 Å². The molecule has 1 aromatic rings. The lowest BCUT2D eigenvalue weighted by Gasteiger charge is -2.36. The molecule has 8 heteroatoms. The van der Waals surface area contributed by atoms with E-state index in [-0.39, 0.29) is 35.3 Å². The lowest BCUT2D eigenvalue weighted by Crippen LogP contribution is -2.57. The Labute approximate surface area is 117 Å². The summed E-state index contributed by atoms with van der Waals surface area (Å²) in [6.45, 7) is 5.24. The highest BCUT2D eigenvalue weighted by Gasteiger charge is 2.38. The van der Waals surface area contributed by atoms with E-state index in [0.717, 1.165) is 0 Å². The number of hydrogen-bond acceptors (Lipinski definition) is 5. The molecule has 110 valence electrons. The number of sulfonamides is 1. The molecule has 1 aliphatic rings. The quantitative estimate of drug-likeness (QED) is 0.658. The fourth-order valence-corrected chi connectivity index (χ4v) is 4.61. The highest BCUT2D eigenvalue weighted by Crippen LogP contribution is 2.34. The molecule has 1 aliphatic heterocycles. The van der Waals surface area contributed by atoms with Crippen LogP contribution < -0.4 is 5.73 Å². The lowest BCUT2D eigenvalue weighted by atomic mass is 10.1. The maximum absolute atomic E-state index is 12.5. The van der Waals surface area contributed by atoms with Crippen molar-refractivity contribution in [3.05, 3.63) is 32.9 Å². The fraction of sp³-hybridized carbons (Fsp3) is 0.500. The van der Waals surface area contributed by atoms with E-state index in [1.807, 2.05) is 0 Å². The summed E-state index contributed by atoms with van der Waals surface area (Å²) in [4.78, 5) is 10.6. The monoisotopic (exact) mass is 299 g/mol. The number of nitro groups is 1. The SMILES string of the molecule is Cc1cc(C)c(S(=O)(=O)N2CC(N)C2)c(C)c1[N+](=O)[O-]. The number of hydrogen-bond donors (Lipinski definition) is 1. The predicted octanol–water partition coefficient (Wildman–Crippen LogP) is 0.852. The van der Waals surface area contributed by atoms with E-state index in [0.29, 0.717) is 11.1 Å². The van der Waals surface area contributed by atoms with Crippen molar-refractivity contribution in [3.8, 4) is 0 Å². The molecule has 0 amide bonds. The van der Waals surface area contributed by atoms with E-state index in [1.165, 1.54) is 17.3 Å². The van der Waals surface area contributed by atoms with Crippen LogP contribution in [0.5, 0.6) is 0 Å². The third-order valence-electron chi connectivity index (χ3n) is 3.52. The highest BCUT2D eigenvalue weighted by atomic mass is 32.2. The van der Waals surface area contributed by atoms with E-state index < -0.39 is 14.9 Å². The highest BCUT2D eigenvalue weighted by molar-refractivity contribution is 7.89. The molecule has 1 aromatic carbocycles. The van der Waals surface area contributed by atoms with Crippen LogP contribution >= 0.6 is 0 Å². The molecule has 20 heavy (non-hydrogen) atoms. The van der Waals surface area contributed by atoms with Gasteiger partial charge in [-0.05, 0) is 32.4 Å². The molecular formula is C12H17N3O4S. The zero-order valence-corrected chi connectivity index (χ0v) is 12.4. The van der Waals surface area contributed by atoms with Crippen LogP contribution in [0.25, 0.3) is 0 Å². The minimum atomic E-state index is -3.72. The van der Waals surface area contributed by atoms with E-state index >= 15 is 0 Å². The first-order chi connectivity index (χ1) is 9.16. The molecule has 2 rings (SSSR count). The van der Waals surface area contributed by atoms with E-state index in [9.17, 15) is 18.5 Å². The van der Waals surface area contributed by atoms with Gasteiger partial charge in [-0.1, -0.05) is 0 Å². The van der Waals surface area contributed by atoms with Crippen molar-refractivity contribution in [2.75, 3.05) is 13.1 Å². The van der Waals surface area contributed by atoms with Gasteiger partial charge in [0.05, 0.1) is 9.82 Å². The van der Waals surface area contributed by atoms with Crippen LogP contribution in [0.2, 0.25) is 0 Å². The molecule has 0 aromatic heterocycles. The topological polar surface area (TPSA) is 107 Å². The van der Waals surface area contributed by atoms with Gasteiger partial charge in [-0.2, -0.15) is 4.31 Å². The zero-order valence-electron chi connectivity index (χ0n) is 11.6. The van der Waals surface area contributed by atoms with Crippen LogP contribution in [0.15, 0.2) is 11.0 Å². The summed E-state index contributed by atoms with van der Waals surface area (Å²) < 4.78 is 26.3. The molecule has 0 spiro atoms. The molecule has 0 bridgehead atoms. The van der Waals surface area contributed by atoms with Crippen LogP contribution in [-0.2, 0) is 10.0 Å². The largest absolute Gasteiger partial charge is 0.325 e. The number of benzene rings is 1. The Morgan fingerprint density at radius 2 is 1.85 bits per heavy atom. The maximum Gasteiger partial charge on any atom is 0.276 e. The summed E-state index contributed by atoms with van der Waals surface area (Å²) in [6, 6.07) is 1.38. The molecule has 0 atom stereocenters. The average molecular weight is 299 g/mol. The second kappa shape index (κ2) is 4.80. The van der Waals surface area contributed by atoms with Gasteiger partial charge in [0.1, 0.15) is 0 Å². The molecule has 0 unspecified atom stereocenters. The van der Waals surface area contributed by atoms with Crippen LogP contribution in [0, 0.1) is 30.9 Å². The summed E-state index contributed by atoms with van der Waals surface area (Å²) in [5.41, 5.74) is 6.64. The van der Waals surface area contributed by atoms with Gasteiger partial charge in [-0.15, -0.1) is 0 Å². The van der Waals surface area contributed by atoms with Crippen molar-refractivity contribution < 1.29 is 13.3 Å². The normalized spacial score (nSPS) is 17.0. The van der Waals surface area contributed by atoms with Gasteiger partial charge in [0, 0.05) is 30.3 Å². The van der Waals surface area contributed by atoms with Crippen LogP contribution in [0.1, 0.15) is 16.7 Å². The predicted molar refractivity (Wildman–Crippen MR) is 74.0 cm³/mol. The molecule has 1 heterocycles. The molecular weight excluding hydrogens is 282 g/mol. The third-order valence-corrected chi connectivity index (χ3v) is 5.64. The van der Waals surface area contributed by atoms with Gasteiger partial charge >= 0.3 is 0 Å². The zero-order chi connectivity index (χ0) is 15.2. The Balaban J connectivity index is 2.63. The van der Waals surface area contributed by atoms with Gasteiger partial charge in [0.25, 0.3) is 5.69 Å². The van der Waals surface area contributed by atoms with Crippen molar-refractivity contribution in [1.29, 1.82) is 0 Å². The smallest absolute Gasteiger partial charge is 0.276 e. The van der Waals surface area contributed by atoms with Crippen molar-refractivity contribution in [1.82, 2.24) is 4.31 Å². The van der Waals surface area contributed by atoms with Gasteiger partial charge < -0.3 is 5.73 Å². The lowest BCUT2D eigenvalue weighted by molar-refractivity contribution is -0.386. The molecule has 0 radical (unpaired) electrons. The van der Waals surface area contributed by atoms with Crippen molar-refractivity contribution in [3.63, 3.8) is 0 Å².